The number of nitrogens with one attached hydrogen (secondary N) is 1. The zero-order valence-electron chi connectivity index (χ0n) is 27.7. The molecule has 1 N–H and O–H groups in total. The third kappa shape index (κ3) is 9.50. The third-order valence-corrected chi connectivity index (χ3v) is 7.82. The quantitative estimate of drug-likeness (QED) is 0.159. The van der Waals surface area contributed by atoms with Crippen LogP contribution in [0, 0.1) is 31.4 Å². The number of aryl methyl sites for hydroxylation is 2. The largest absolute Gasteiger partial charge is 0.466 e. The van der Waals surface area contributed by atoms with Crippen molar-refractivity contribution in [3.8, 4) is 11.1 Å². The number of esters is 1. The second kappa shape index (κ2) is 15.7. The number of amides is 1. The van der Waals surface area contributed by atoms with Crippen LogP contribution in [-0.2, 0) is 26.9 Å². The molecule has 7 nitrogen and oxygen atoms in total. The molecule has 1 aromatic heterocycles. The molecule has 2 aromatic carbocycles. The zero-order valence-corrected chi connectivity index (χ0v) is 27.7. The van der Waals surface area contributed by atoms with Crippen molar-refractivity contribution in [2.45, 2.75) is 72.1 Å². The van der Waals surface area contributed by atoms with Gasteiger partial charge in [-0.05, 0) is 93.6 Å². The van der Waals surface area contributed by atoms with E-state index in [4.69, 9.17) is 4.74 Å². The molecule has 0 radical (unpaired) electrons. The predicted octanol–water partition coefficient (Wildman–Crippen LogP) is 6.93. The lowest BCUT2D eigenvalue weighted by Crippen LogP contribution is -2.41. The Hall–Kier alpha value is -4.06. The summed E-state index contributed by atoms with van der Waals surface area (Å²) in [5, 5.41) is 2.61. The fourth-order valence-corrected chi connectivity index (χ4v) is 5.61. The first kappa shape index (κ1) is 37.4. The number of hydrogen-bond acceptors (Lipinski definition) is 5. The van der Waals surface area contributed by atoms with E-state index in [0.717, 1.165) is 28.0 Å². The van der Waals surface area contributed by atoms with Gasteiger partial charge in [-0.2, -0.15) is 13.2 Å². The maximum Gasteiger partial charge on any atom is 0.416 e. The minimum Gasteiger partial charge on any atom is -0.466 e. The Morgan fingerprint density at radius 3 is 2.23 bits per heavy atom. The second-order valence-corrected chi connectivity index (χ2v) is 12.4. The standard InChI is InChI=1S/C35H42F5N3O4/c1-8-47-31(45)18-28(25-15-24(16-27(36)33(25)37)32-21(4)10-9-11-22(32)5)41-34(46)29(14-20(2)3)43-19-23(12-13-42(6)7)26(17-30(43)44)35(38,39)40/h9-11,15-17,19-20,28-29H,8,12-14,18H2,1-7H3,(H,41,46)/t28-,29?/m0/s1. The number of rotatable bonds is 13. The lowest BCUT2D eigenvalue weighted by molar-refractivity contribution is -0.144. The van der Waals surface area contributed by atoms with Gasteiger partial charge in [0.15, 0.2) is 11.6 Å². The summed E-state index contributed by atoms with van der Waals surface area (Å²) < 4.78 is 78.5. The SMILES string of the molecule is CCOC(=O)C[C@H](NC(=O)C(CC(C)C)n1cc(CCN(C)C)c(C(F)(F)F)cc1=O)c1cc(-c2c(C)cccc2C)cc(F)c1F. The summed E-state index contributed by atoms with van der Waals surface area (Å²) in [6.07, 6.45) is -4.36. The van der Waals surface area contributed by atoms with E-state index < -0.39 is 59.3 Å². The van der Waals surface area contributed by atoms with Crippen LogP contribution in [0.15, 0.2) is 47.4 Å². The fraction of sp³-hybridized carbons (Fsp3) is 0.457. The van der Waals surface area contributed by atoms with Gasteiger partial charge in [-0.3, -0.25) is 14.4 Å². The Morgan fingerprint density at radius 1 is 1.04 bits per heavy atom. The summed E-state index contributed by atoms with van der Waals surface area (Å²) in [5.41, 5.74) is -0.0979. The summed E-state index contributed by atoms with van der Waals surface area (Å²) in [4.78, 5) is 41.6. The van der Waals surface area contributed by atoms with E-state index in [1.54, 1.807) is 39.8 Å². The molecule has 0 fully saturated rings. The number of alkyl halides is 3. The van der Waals surface area contributed by atoms with Crippen LogP contribution in [0.2, 0.25) is 0 Å². The summed E-state index contributed by atoms with van der Waals surface area (Å²) in [5.74, 6) is -4.35. The first-order valence-electron chi connectivity index (χ1n) is 15.4. The number of carbonyl (C=O) groups excluding carboxylic acids is 2. The molecule has 0 saturated carbocycles. The van der Waals surface area contributed by atoms with Gasteiger partial charge in [-0.15, -0.1) is 0 Å². The Bertz CT molecular complexity index is 1630. The van der Waals surface area contributed by atoms with E-state index in [-0.39, 0.29) is 43.0 Å². The van der Waals surface area contributed by atoms with Gasteiger partial charge in [0.05, 0.1) is 24.6 Å². The number of nitrogens with zero attached hydrogens (tertiary/aromatic N) is 2. The first-order valence-corrected chi connectivity index (χ1v) is 15.4. The zero-order chi connectivity index (χ0) is 35.2. The lowest BCUT2D eigenvalue weighted by Gasteiger charge is -2.27. The van der Waals surface area contributed by atoms with Crippen LogP contribution >= 0.6 is 0 Å². The monoisotopic (exact) mass is 663 g/mol. The van der Waals surface area contributed by atoms with Crippen LogP contribution in [0.3, 0.4) is 0 Å². The van der Waals surface area contributed by atoms with E-state index in [0.29, 0.717) is 17.2 Å². The van der Waals surface area contributed by atoms with Gasteiger partial charge in [0, 0.05) is 24.4 Å². The maximum absolute atomic E-state index is 15.5. The molecule has 0 bridgehead atoms. The number of halogens is 5. The van der Waals surface area contributed by atoms with Crippen molar-refractivity contribution >= 4 is 11.9 Å². The maximum atomic E-state index is 15.5. The van der Waals surface area contributed by atoms with Crippen molar-refractivity contribution in [3.05, 3.63) is 92.4 Å². The highest BCUT2D eigenvalue weighted by atomic mass is 19.4. The molecule has 0 aliphatic heterocycles. The molecule has 2 atom stereocenters. The van der Waals surface area contributed by atoms with Crippen molar-refractivity contribution in [3.63, 3.8) is 0 Å². The number of aromatic nitrogens is 1. The van der Waals surface area contributed by atoms with Crippen molar-refractivity contribution in [1.82, 2.24) is 14.8 Å². The molecular weight excluding hydrogens is 621 g/mol. The van der Waals surface area contributed by atoms with Gasteiger partial charge < -0.3 is 19.5 Å². The molecule has 1 heterocycles. The summed E-state index contributed by atoms with van der Waals surface area (Å²) in [7, 11) is 3.39. The number of ether oxygens (including phenoxy) is 1. The van der Waals surface area contributed by atoms with Gasteiger partial charge >= 0.3 is 12.1 Å². The molecule has 0 aliphatic rings. The predicted molar refractivity (Wildman–Crippen MR) is 170 cm³/mol. The average Bonchev–Trinajstić information content (AvgIpc) is 2.96. The Morgan fingerprint density at radius 2 is 1.68 bits per heavy atom. The molecule has 0 saturated heterocycles. The van der Waals surface area contributed by atoms with Crippen molar-refractivity contribution < 1.29 is 36.3 Å². The van der Waals surface area contributed by atoms with Gasteiger partial charge in [-0.1, -0.05) is 32.0 Å². The molecular formula is C35H42F5N3O4. The van der Waals surface area contributed by atoms with Gasteiger partial charge in [0.1, 0.15) is 6.04 Å². The van der Waals surface area contributed by atoms with Crippen molar-refractivity contribution in [2.75, 3.05) is 27.2 Å². The van der Waals surface area contributed by atoms with Gasteiger partial charge in [0.2, 0.25) is 5.91 Å². The van der Waals surface area contributed by atoms with Crippen LogP contribution in [0.4, 0.5) is 22.0 Å². The van der Waals surface area contributed by atoms with E-state index >= 15 is 8.78 Å². The molecule has 12 heteroatoms. The van der Waals surface area contributed by atoms with Gasteiger partial charge in [-0.25, -0.2) is 8.78 Å². The minimum absolute atomic E-state index is 0.00850. The number of benzene rings is 2. The summed E-state index contributed by atoms with van der Waals surface area (Å²) in [6.45, 7) is 8.95. The normalized spacial score (nSPS) is 13.1. The molecule has 3 rings (SSSR count). The molecule has 3 aromatic rings. The van der Waals surface area contributed by atoms with E-state index in [1.165, 1.54) is 6.07 Å². The van der Waals surface area contributed by atoms with Crippen molar-refractivity contribution in [1.29, 1.82) is 0 Å². The third-order valence-electron chi connectivity index (χ3n) is 7.82. The first-order chi connectivity index (χ1) is 21.9. The van der Waals surface area contributed by atoms with E-state index in [2.05, 4.69) is 5.32 Å². The number of carbonyl (C=O) groups is 2. The second-order valence-electron chi connectivity index (χ2n) is 12.4. The highest BCUT2D eigenvalue weighted by Gasteiger charge is 2.36. The molecule has 0 aliphatic carbocycles. The van der Waals surface area contributed by atoms with Gasteiger partial charge in [0.25, 0.3) is 5.56 Å². The number of likely N-dealkylation sites (N-methyl/N-ethyl adjacent to an activating group) is 1. The lowest BCUT2D eigenvalue weighted by atomic mass is 9.92. The number of pyridine rings is 1. The smallest absolute Gasteiger partial charge is 0.416 e. The molecule has 1 amide bonds. The van der Waals surface area contributed by atoms with Crippen LogP contribution in [-0.4, -0.2) is 48.6 Å². The van der Waals surface area contributed by atoms with Crippen LogP contribution in [0.25, 0.3) is 11.1 Å². The van der Waals surface area contributed by atoms with Crippen LogP contribution in [0.5, 0.6) is 0 Å². The summed E-state index contributed by atoms with van der Waals surface area (Å²) in [6, 6.07) is 5.55. The van der Waals surface area contributed by atoms with Crippen molar-refractivity contribution in [2.24, 2.45) is 5.92 Å². The molecule has 0 spiro atoms. The Kier molecular flexibility index (Phi) is 12.5. The highest BCUT2D eigenvalue weighted by Crippen LogP contribution is 2.35. The number of hydrogen-bond donors (Lipinski definition) is 1. The molecule has 1 unspecified atom stereocenters. The van der Waals surface area contributed by atoms with E-state index in [1.807, 2.05) is 32.0 Å². The summed E-state index contributed by atoms with van der Waals surface area (Å²) >= 11 is 0. The van der Waals surface area contributed by atoms with Crippen LogP contribution < -0.4 is 10.9 Å². The Balaban J connectivity index is 2.17. The topological polar surface area (TPSA) is 80.6 Å². The molecule has 47 heavy (non-hydrogen) atoms. The minimum atomic E-state index is -4.80. The van der Waals surface area contributed by atoms with Crippen LogP contribution in [0.1, 0.15) is 73.5 Å². The molecule has 256 valence electrons. The van der Waals surface area contributed by atoms with E-state index in [9.17, 15) is 27.6 Å². The fourth-order valence-electron chi connectivity index (χ4n) is 5.61. The Labute approximate surface area is 271 Å². The average molecular weight is 664 g/mol. The highest BCUT2D eigenvalue weighted by molar-refractivity contribution is 5.82.